The van der Waals surface area contributed by atoms with Crippen LogP contribution < -0.4 is 4.90 Å². The maximum absolute atomic E-state index is 2.56. The third-order valence-corrected chi connectivity index (χ3v) is 16.2. The average molecular weight is 987 g/mol. The fourth-order valence-electron chi connectivity index (χ4n) is 11.7. The Bertz CT molecular complexity index is 4120. The highest BCUT2D eigenvalue weighted by Crippen LogP contribution is 2.49. The summed E-state index contributed by atoms with van der Waals surface area (Å²) in [7, 11) is 0. The van der Waals surface area contributed by atoms with Crippen molar-refractivity contribution in [1.29, 1.82) is 0 Å². The number of hydrogen-bond acceptors (Lipinski definition) is 1. The van der Waals surface area contributed by atoms with Gasteiger partial charge in [0, 0.05) is 32.8 Å². The van der Waals surface area contributed by atoms with Gasteiger partial charge >= 0.3 is 0 Å². The van der Waals surface area contributed by atoms with Gasteiger partial charge in [-0.15, -0.1) is 0 Å². The fourth-order valence-corrected chi connectivity index (χ4v) is 11.7. The van der Waals surface area contributed by atoms with Crippen molar-refractivity contribution in [1.82, 2.24) is 4.57 Å². The number of nitrogens with zero attached hydrogens (tertiary/aromatic N) is 2. The molecule has 0 spiro atoms. The molecule has 76 heavy (non-hydrogen) atoms. The van der Waals surface area contributed by atoms with E-state index in [4.69, 9.17) is 0 Å². The lowest BCUT2D eigenvalue weighted by Gasteiger charge is -2.31. The Balaban J connectivity index is 1.11. The zero-order chi connectivity index (χ0) is 53.1. The third kappa shape index (κ3) is 8.53. The lowest BCUT2D eigenvalue weighted by molar-refractivity contribution is 0.589. The standard InChI is InChI=1S/C74H70N2/c1-71(2,3)54-32-24-47(25-33-54)52-42-53(44-57(43-52)74(10,11)12)51-18-17-19-58(45-51)75(68-41-36-56(73(7,8)9)46-63(68)48-26-34-55(35-27-48)72(4,5)6)66-39-30-49-29-38-62-67(40-31-50-28-37-61(66)69(49)70(50)62)76-64-22-15-13-20-59(64)60-21-14-16-23-65(60)76/h13-46H,1-12H3. The van der Waals surface area contributed by atoms with Gasteiger partial charge in [-0.2, -0.15) is 0 Å². The largest absolute Gasteiger partial charge is 0.309 e. The Kier molecular flexibility index (Phi) is 11.5. The van der Waals surface area contributed by atoms with Crippen molar-refractivity contribution in [3.63, 3.8) is 0 Å². The Morgan fingerprint density at radius 3 is 1.38 bits per heavy atom. The van der Waals surface area contributed by atoms with E-state index in [9.17, 15) is 0 Å². The SMILES string of the molecule is CC(C)(C)c1ccc(-c2cc(-c3cccc(N(c4ccc(C(C)(C)C)cc4-c4ccc(C(C)(C)C)cc4)c4ccc5ccc6c(-n7c8ccccc8c8ccccc87)ccc7ccc4c5c76)c3)cc(C(C)(C)C)c2)cc1. The molecule has 0 atom stereocenters. The van der Waals surface area contributed by atoms with Gasteiger partial charge in [0.2, 0.25) is 0 Å². The Hall–Kier alpha value is -7.94. The van der Waals surface area contributed by atoms with Crippen LogP contribution in [0.4, 0.5) is 17.1 Å². The molecule has 0 N–H and O–H groups in total. The van der Waals surface area contributed by atoms with Crippen LogP contribution >= 0.6 is 0 Å². The molecule has 0 unspecified atom stereocenters. The normalized spacial score (nSPS) is 12.7. The molecule has 0 saturated carbocycles. The predicted octanol–water partition coefficient (Wildman–Crippen LogP) is 21.3. The number of hydrogen-bond donors (Lipinski definition) is 0. The van der Waals surface area contributed by atoms with E-state index < -0.39 is 0 Å². The topological polar surface area (TPSA) is 8.17 Å². The van der Waals surface area contributed by atoms with E-state index in [1.54, 1.807) is 0 Å². The minimum atomic E-state index is -0.0622. The van der Waals surface area contributed by atoms with Crippen LogP contribution in [-0.4, -0.2) is 4.57 Å². The van der Waals surface area contributed by atoms with Crippen molar-refractivity contribution in [2.24, 2.45) is 0 Å². The molecule has 376 valence electrons. The Morgan fingerprint density at radius 1 is 0.303 bits per heavy atom. The fraction of sp³-hybridized carbons (Fsp3) is 0.216. The van der Waals surface area contributed by atoms with Crippen LogP contribution in [0.3, 0.4) is 0 Å². The maximum Gasteiger partial charge on any atom is 0.0541 e. The first-order chi connectivity index (χ1) is 36.2. The summed E-state index contributed by atoms with van der Waals surface area (Å²) in [6.45, 7) is 27.7. The summed E-state index contributed by atoms with van der Waals surface area (Å²) in [5, 5.41) is 10.0. The molecule has 0 aliphatic carbocycles. The molecular weight excluding hydrogens is 917 g/mol. The minimum Gasteiger partial charge on any atom is -0.309 e. The number of aromatic nitrogens is 1. The Labute approximate surface area is 450 Å². The molecular formula is C74H70N2. The lowest BCUT2D eigenvalue weighted by Crippen LogP contribution is -2.15. The summed E-state index contributed by atoms with van der Waals surface area (Å²) in [6.07, 6.45) is 0. The van der Waals surface area contributed by atoms with Crippen LogP contribution in [0.5, 0.6) is 0 Å². The molecule has 12 aromatic rings. The molecule has 1 heterocycles. The van der Waals surface area contributed by atoms with E-state index in [1.807, 2.05) is 0 Å². The van der Waals surface area contributed by atoms with Crippen LogP contribution in [0.15, 0.2) is 206 Å². The van der Waals surface area contributed by atoms with Gasteiger partial charge in [-0.25, -0.2) is 0 Å². The van der Waals surface area contributed by atoms with Crippen molar-refractivity contribution in [2.45, 2.75) is 105 Å². The van der Waals surface area contributed by atoms with Crippen molar-refractivity contribution in [3.05, 3.63) is 229 Å². The lowest BCUT2D eigenvalue weighted by atomic mass is 9.82. The summed E-state index contributed by atoms with van der Waals surface area (Å²) >= 11 is 0. The zero-order valence-electron chi connectivity index (χ0n) is 46.5. The first kappa shape index (κ1) is 49.0. The second-order valence-electron chi connectivity index (χ2n) is 25.5. The molecule has 2 nitrogen and oxygen atoms in total. The van der Waals surface area contributed by atoms with Crippen LogP contribution in [0, 0.1) is 0 Å². The van der Waals surface area contributed by atoms with E-state index in [-0.39, 0.29) is 21.7 Å². The van der Waals surface area contributed by atoms with Gasteiger partial charge in [0.15, 0.2) is 0 Å². The molecule has 0 radical (unpaired) electrons. The van der Waals surface area contributed by atoms with E-state index in [0.717, 1.165) is 17.1 Å². The van der Waals surface area contributed by atoms with Crippen LogP contribution in [0.1, 0.15) is 105 Å². The minimum absolute atomic E-state index is 0.0320. The highest BCUT2D eigenvalue weighted by Gasteiger charge is 2.26. The van der Waals surface area contributed by atoms with Gasteiger partial charge in [0.1, 0.15) is 0 Å². The molecule has 0 saturated heterocycles. The quantitative estimate of drug-likeness (QED) is 0.145. The number of benzene rings is 11. The monoisotopic (exact) mass is 987 g/mol. The maximum atomic E-state index is 2.56. The number of para-hydroxylation sites is 2. The van der Waals surface area contributed by atoms with Gasteiger partial charge in [-0.3, -0.25) is 0 Å². The molecule has 0 aliphatic heterocycles. The number of rotatable bonds is 7. The van der Waals surface area contributed by atoms with E-state index >= 15 is 0 Å². The smallest absolute Gasteiger partial charge is 0.0541 e. The molecule has 0 amide bonds. The van der Waals surface area contributed by atoms with E-state index in [2.05, 4.69) is 299 Å². The molecule has 0 fully saturated rings. The summed E-state index contributed by atoms with van der Waals surface area (Å²) in [5.74, 6) is 0. The van der Waals surface area contributed by atoms with E-state index in [0.29, 0.717) is 0 Å². The average Bonchev–Trinajstić information content (AvgIpc) is 3.86. The van der Waals surface area contributed by atoms with Crippen LogP contribution in [-0.2, 0) is 21.7 Å². The first-order valence-corrected chi connectivity index (χ1v) is 27.3. The molecule has 0 aliphatic rings. The summed E-state index contributed by atoms with van der Waals surface area (Å²) in [5.41, 5.74) is 19.5. The highest BCUT2D eigenvalue weighted by atomic mass is 15.1. The molecule has 0 bridgehead atoms. The molecule has 2 heteroatoms. The highest BCUT2D eigenvalue weighted by molar-refractivity contribution is 6.27. The van der Waals surface area contributed by atoms with Crippen LogP contribution in [0.25, 0.3) is 93.2 Å². The first-order valence-electron chi connectivity index (χ1n) is 27.3. The van der Waals surface area contributed by atoms with Gasteiger partial charge < -0.3 is 9.47 Å². The summed E-state index contributed by atoms with van der Waals surface area (Å²) < 4.78 is 2.48. The van der Waals surface area contributed by atoms with Gasteiger partial charge in [-0.05, 0) is 148 Å². The summed E-state index contributed by atoms with van der Waals surface area (Å²) in [4.78, 5) is 2.56. The number of anilines is 3. The van der Waals surface area contributed by atoms with Gasteiger partial charge in [0.05, 0.1) is 28.1 Å². The second kappa shape index (κ2) is 17.8. The molecule has 1 aromatic heterocycles. The summed E-state index contributed by atoms with van der Waals surface area (Å²) in [6, 6.07) is 78.7. The van der Waals surface area contributed by atoms with E-state index in [1.165, 1.54) is 115 Å². The zero-order valence-corrected chi connectivity index (χ0v) is 46.5. The number of fused-ring (bicyclic) bond motifs is 3. The van der Waals surface area contributed by atoms with Crippen molar-refractivity contribution in [2.75, 3.05) is 4.90 Å². The van der Waals surface area contributed by atoms with Gasteiger partial charge in [0.25, 0.3) is 0 Å². The van der Waals surface area contributed by atoms with Crippen molar-refractivity contribution >= 4 is 71.2 Å². The van der Waals surface area contributed by atoms with Crippen molar-refractivity contribution in [3.8, 4) is 39.1 Å². The third-order valence-electron chi connectivity index (χ3n) is 16.2. The predicted molar refractivity (Wildman–Crippen MR) is 330 cm³/mol. The molecule has 12 rings (SSSR count). The molecule has 11 aromatic carbocycles. The second-order valence-corrected chi connectivity index (χ2v) is 25.5. The van der Waals surface area contributed by atoms with Gasteiger partial charge in [-0.1, -0.05) is 235 Å². The van der Waals surface area contributed by atoms with Crippen molar-refractivity contribution < 1.29 is 0 Å². The Morgan fingerprint density at radius 2 is 0.789 bits per heavy atom. The van der Waals surface area contributed by atoms with Crippen LogP contribution in [0.2, 0.25) is 0 Å².